The third-order valence-electron chi connectivity index (χ3n) is 11.5. The Hall–Kier alpha value is 0.410. The third-order valence-corrected chi connectivity index (χ3v) is 14.9. The molecule has 368 valence electrons. The first-order valence-electron chi connectivity index (χ1n) is 25.9. The standard InChI is InChI=1S/C50H102O8S3/c1-7-11-13-15-17-19-23-29-35-47(5)37-31-25-21-27-33-43-59-49(45-55-41-39-53-9-3)57-61(51,52)58-50(46-56-42-40-54-10-4)60-44-34-28-22-26-32-38-48(6)36-30-24-20-18-16-14-12-8-2/h47-50H,7-46H2,1-6H3. The van der Waals surface area contributed by atoms with Crippen LogP contribution in [0, 0.1) is 11.8 Å². The molecule has 0 aliphatic rings. The van der Waals surface area contributed by atoms with Gasteiger partial charge in [-0.2, -0.15) is 8.42 Å². The summed E-state index contributed by atoms with van der Waals surface area (Å²) in [4.78, 5) is 0. The lowest BCUT2D eigenvalue weighted by Gasteiger charge is -2.21. The summed E-state index contributed by atoms with van der Waals surface area (Å²) in [5.41, 5.74) is -1.37. The maximum Gasteiger partial charge on any atom is 0.402 e. The van der Waals surface area contributed by atoms with E-state index in [-0.39, 0.29) is 13.2 Å². The summed E-state index contributed by atoms with van der Waals surface area (Å²) in [7, 11) is -4.30. The van der Waals surface area contributed by atoms with Crippen LogP contribution in [0.25, 0.3) is 0 Å². The normalized spacial score (nSPS) is 14.1. The second-order valence-electron chi connectivity index (χ2n) is 17.6. The molecule has 11 heteroatoms. The maximum absolute atomic E-state index is 13.3. The Labute approximate surface area is 389 Å². The molecule has 4 unspecified atom stereocenters. The summed E-state index contributed by atoms with van der Waals surface area (Å²) < 4.78 is 60.3. The molecule has 0 aromatic heterocycles. The molecule has 8 nitrogen and oxygen atoms in total. The number of hydrogen-bond acceptors (Lipinski definition) is 10. The SMILES string of the molecule is CCCCCCCCCCC(C)CCCCCCCSC(COCCOCC)OS(=O)(=O)OC(COCCOCC)SCCCCCCCC(C)CCCCCCCCCC. The van der Waals surface area contributed by atoms with Crippen molar-refractivity contribution in [1.82, 2.24) is 0 Å². The second-order valence-corrected chi connectivity index (χ2v) is 21.3. The van der Waals surface area contributed by atoms with Crippen LogP contribution in [0.15, 0.2) is 0 Å². The number of rotatable bonds is 52. The minimum Gasteiger partial charge on any atom is -0.379 e. The Balaban J connectivity index is 4.60. The highest BCUT2D eigenvalue weighted by molar-refractivity contribution is 8.00. The van der Waals surface area contributed by atoms with E-state index in [2.05, 4.69) is 27.7 Å². The maximum atomic E-state index is 13.3. The van der Waals surface area contributed by atoms with Crippen LogP contribution in [0.4, 0.5) is 0 Å². The van der Waals surface area contributed by atoms with Gasteiger partial charge in [0.25, 0.3) is 0 Å². The molecular weight excluding hydrogens is 825 g/mol. The molecule has 0 aliphatic heterocycles. The van der Waals surface area contributed by atoms with Crippen molar-refractivity contribution in [3.8, 4) is 0 Å². The van der Waals surface area contributed by atoms with Gasteiger partial charge in [-0.15, -0.1) is 23.5 Å². The summed E-state index contributed by atoms with van der Waals surface area (Å²) in [5, 5.41) is 0. The van der Waals surface area contributed by atoms with Crippen molar-refractivity contribution in [3.05, 3.63) is 0 Å². The van der Waals surface area contributed by atoms with Crippen LogP contribution in [0.2, 0.25) is 0 Å². The molecule has 0 spiro atoms. The van der Waals surface area contributed by atoms with Crippen molar-refractivity contribution in [3.63, 3.8) is 0 Å². The molecule has 0 saturated heterocycles. The van der Waals surface area contributed by atoms with E-state index in [9.17, 15) is 8.42 Å². The van der Waals surface area contributed by atoms with E-state index in [4.69, 9.17) is 27.3 Å². The van der Waals surface area contributed by atoms with Gasteiger partial charge < -0.3 is 18.9 Å². The first kappa shape index (κ1) is 61.4. The largest absolute Gasteiger partial charge is 0.402 e. The zero-order valence-electron chi connectivity index (χ0n) is 41.1. The topological polar surface area (TPSA) is 89.5 Å². The molecule has 0 bridgehead atoms. The number of ether oxygens (including phenoxy) is 4. The summed E-state index contributed by atoms with van der Waals surface area (Å²) >= 11 is 2.98. The van der Waals surface area contributed by atoms with E-state index in [1.165, 1.54) is 190 Å². The van der Waals surface area contributed by atoms with Crippen LogP contribution in [0.1, 0.15) is 234 Å². The van der Waals surface area contributed by atoms with Crippen molar-refractivity contribution in [2.45, 2.75) is 245 Å². The molecule has 0 radical (unpaired) electrons. The van der Waals surface area contributed by atoms with Crippen LogP contribution in [0.3, 0.4) is 0 Å². The van der Waals surface area contributed by atoms with Crippen LogP contribution in [-0.2, 0) is 37.7 Å². The van der Waals surface area contributed by atoms with Gasteiger partial charge in [-0.25, -0.2) is 8.37 Å². The fraction of sp³-hybridized carbons (Fsp3) is 1.00. The highest BCUT2D eigenvalue weighted by Crippen LogP contribution is 2.25. The van der Waals surface area contributed by atoms with Gasteiger partial charge in [-0.3, -0.25) is 0 Å². The first-order valence-corrected chi connectivity index (χ1v) is 29.4. The lowest BCUT2D eigenvalue weighted by molar-refractivity contribution is 0.0226. The molecule has 0 aromatic rings. The second kappa shape index (κ2) is 48.3. The van der Waals surface area contributed by atoms with E-state index in [1.807, 2.05) is 13.8 Å². The Kier molecular flexibility index (Phi) is 48.7. The molecule has 0 N–H and O–H groups in total. The molecule has 0 heterocycles. The van der Waals surface area contributed by atoms with E-state index in [0.29, 0.717) is 39.6 Å². The number of thioether (sulfide) groups is 2. The quantitative estimate of drug-likeness (QED) is 0.0434. The average molecular weight is 928 g/mol. The highest BCUT2D eigenvalue weighted by Gasteiger charge is 2.26. The number of unbranched alkanes of at least 4 members (excludes halogenated alkanes) is 22. The number of hydrogen-bond donors (Lipinski definition) is 0. The summed E-state index contributed by atoms with van der Waals surface area (Å²) in [5.74, 6) is 3.26. The van der Waals surface area contributed by atoms with Crippen LogP contribution in [-0.4, -0.2) is 83.7 Å². The molecule has 4 atom stereocenters. The lowest BCUT2D eigenvalue weighted by atomic mass is 9.96. The Morgan fingerprint density at radius 3 is 0.967 bits per heavy atom. The minimum absolute atomic E-state index is 0.151. The summed E-state index contributed by atoms with van der Waals surface area (Å²) in [6.45, 7) is 16.5. The van der Waals surface area contributed by atoms with E-state index in [0.717, 1.165) is 49.0 Å². The van der Waals surface area contributed by atoms with Crippen molar-refractivity contribution in [2.75, 3.05) is 64.4 Å². The highest BCUT2D eigenvalue weighted by atomic mass is 32.3. The Morgan fingerprint density at radius 1 is 0.377 bits per heavy atom. The van der Waals surface area contributed by atoms with Gasteiger partial charge in [0.15, 0.2) is 0 Å². The molecule has 0 aliphatic carbocycles. The van der Waals surface area contributed by atoms with Crippen molar-refractivity contribution in [1.29, 1.82) is 0 Å². The molecule has 61 heavy (non-hydrogen) atoms. The molecule has 0 aromatic carbocycles. The predicted molar refractivity (Wildman–Crippen MR) is 266 cm³/mol. The van der Waals surface area contributed by atoms with Gasteiger partial charge in [0, 0.05) is 13.2 Å². The van der Waals surface area contributed by atoms with Crippen molar-refractivity contribution >= 4 is 33.9 Å². The fourth-order valence-electron chi connectivity index (χ4n) is 7.60. The smallest absolute Gasteiger partial charge is 0.379 e. The zero-order chi connectivity index (χ0) is 44.8. The fourth-order valence-corrected chi connectivity index (χ4v) is 11.0. The van der Waals surface area contributed by atoms with E-state index < -0.39 is 21.3 Å². The van der Waals surface area contributed by atoms with Gasteiger partial charge in [0.2, 0.25) is 0 Å². The van der Waals surface area contributed by atoms with Crippen LogP contribution in [0.5, 0.6) is 0 Å². The van der Waals surface area contributed by atoms with Gasteiger partial charge in [0.1, 0.15) is 10.9 Å². The van der Waals surface area contributed by atoms with Crippen LogP contribution >= 0.6 is 23.5 Å². The molecule has 0 saturated carbocycles. The van der Waals surface area contributed by atoms with Crippen LogP contribution < -0.4 is 0 Å². The Bertz CT molecular complexity index is 891. The third kappa shape index (κ3) is 46.7. The molecular formula is C50H102O8S3. The van der Waals surface area contributed by atoms with Crippen molar-refractivity contribution < 1.29 is 35.7 Å². The summed E-state index contributed by atoms with van der Waals surface area (Å²) in [6, 6.07) is 0. The predicted octanol–water partition coefficient (Wildman–Crippen LogP) is 15.5. The minimum atomic E-state index is -4.30. The zero-order valence-corrected chi connectivity index (χ0v) is 43.5. The molecule has 0 amide bonds. The molecule has 0 rings (SSSR count). The average Bonchev–Trinajstić information content (AvgIpc) is 3.23. The van der Waals surface area contributed by atoms with E-state index >= 15 is 0 Å². The van der Waals surface area contributed by atoms with Gasteiger partial charge in [-0.1, -0.05) is 207 Å². The van der Waals surface area contributed by atoms with Gasteiger partial charge in [-0.05, 0) is 50.0 Å². The monoisotopic (exact) mass is 927 g/mol. The van der Waals surface area contributed by atoms with Crippen molar-refractivity contribution in [2.24, 2.45) is 11.8 Å². The molecule has 0 fully saturated rings. The van der Waals surface area contributed by atoms with E-state index in [1.54, 1.807) is 0 Å². The van der Waals surface area contributed by atoms with Gasteiger partial charge in [0.05, 0.1) is 39.6 Å². The Morgan fingerprint density at radius 2 is 0.656 bits per heavy atom. The lowest BCUT2D eigenvalue weighted by Crippen LogP contribution is -2.28. The van der Waals surface area contributed by atoms with Gasteiger partial charge >= 0.3 is 10.4 Å². The summed E-state index contributed by atoms with van der Waals surface area (Å²) in [6.07, 6.45) is 39.5. The first-order chi connectivity index (χ1) is 29.8.